The van der Waals surface area contributed by atoms with Gasteiger partial charge in [0.25, 0.3) is 5.56 Å². The number of aliphatic carboxylic acids is 1. The van der Waals surface area contributed by atoms with Crippen molar-refractivity contribution in [1.29, 1.82) is 0 Å². The van der Waals surface area contributed by atoms with Crippen LogP contribution in [0.2, 0.25) is 0 Å². The van der Waals surface area contributed by atoms with Gasteiger partial charge in [-0.15, -0.1) is 0 Å². The van der Waals surface area contributed by atoms with E-state index < -0.39 is 5.97 Å². The van der Waals surface area contributed by atoms with Gasteiger partial charge in [0.1, 0.15) is 0 Å². The van der Waals surface area contributed by atoms with Crippen LogP contribution in [0.3, 0.4) is 0 Å². The third-order valence-electron chi connectivity index (χ3n) is 3.34. The first-order valence-corrected chi connectivity index (χ1v) is 7.83. The maximum Gasteiger partial charge on any atom is 0.313 e. The highest BCUT2D eigenvalue weighted by Gasteiger charge is 2.13. The van der Waals surface area contributed by atoms with E-state index in [-0.39, 0.29) is 11.3 Å². The highest BCUT2D eigenvalue weighted by molar-refractivity contribution is 7.99. The Labute approximate surface area is 133 Å². The lowest BCUT2D eigenvalue weighted by Gasteiger charge is -2.11. The monoisotopic (exact) mass is 318 g/mol. The number of thioether (sulfide) groups is 1. The number of hydrogen-bond acceptors (Lipinski definition) is 4. The fourth-order valence-electron chi connectivity index (χ4n) is 2.22. The first kappa shape index (κ1) is 16.3. The van der Waals surface area contributed by atoms with Crippen LogP contribution in [-0.4, -0.2) is 26.4 Å². The molecule has 0 saturated carbocycles. The molecule has 0 bridgehead atoms. The molecule has 0 unspecified atom stereocenters. The van der Waals surface area contributed by atoms with E-state index in [1.165, 1.54) is 4.57 Å². The lowest BCUT2D eigenvalue weighted by molar-refractivity contribution is -0.133. The van der Waals surface area contributed by atoms with Gasteiger partial charge in [-0.25, -0.2) is 4.98 Å². The zero-order valence-corrected chi connectivity index (χ0v) is 13.6. The van der Waals surface area contributed by atoms with E-state index in [1.807, 2.05) is 31.2 Å². The lowest BCUT2D eigenvalue weighted by Crippen LogP contribution is -2.26. The van der Waals surface area contributed by atoms with Gasteiger partial charge in [0.05, 0.1) is 5.75 Å². The molecule has 2 aromatic rings. The summed E-state index contributed by atoms with van der Waals surface area (Å²) in [7, 11) is 1.62. The smallest absolute Gasteiger partial charge is 0.313 e. The molecule has 0 atom stereocenters. The Morgan fingerprint density at radius 2 is 2.09 bits per heavy atom. The first-order chi connectivity index (χ1) is 10.4. The summed E-state index contributed by atoms with van der Waals surface area (Å²) in [5.74, 6) is -1.04. The van der Waals surface area contributed by atoms with Crippen LogP contribution < -0.4 is 5.56 Å². The largest absolute Gasteiger partial charge is 0.481 e. The summed E-state index contributed by atoms with van der Waals surface area (Å²) in [5, 5.41) is 9.17. The standard InChI is InChI=1S/C16H18N2O3S/c1-10-5-4-6-12(7-10)8-13-11(2)17-16(18(3)15(13)21)22-9-14(19)20/h4-7H,8-9H2,1-3H3,(H,19,20). The Balaban J connectivity index is 2.35. The number of nitrogens with zero attached hydrogens (tertiary/aromatic N) is 2. The van der Waals surface area contributed by atoms with Gasteiger partial charge in [-0.1, -0.05) is 41.6 Å². The van der Waals surface area contributed by atoms with Crippen molar-refractivity contribution < 1.29 is 9.90 Å². The molecule has 1 aromatic heterocycles. The summed E-state index contributed by atoms with van der Waals surface area (Å²) < 4.78 is 1.42. The minimum atomic E-state index is -0.930. The summed E-state index contributed by atoms with van der Waals surface area (Å²) in [6.07, 6.45) is 0.525. The number of hydrogen-bond donors (Lipinski definition) is 1. The molecular formula is C16H18N2O3S. The van der Waals surface area contributed by atoms with Crippen LogP contribution in [0.1, 0.15) is 22.4 Å². The van der Waals surface area contributed by atoms with Crippen molar-refractivity contribution in [1.82, 2.24) is 9.55 Å². The van der Waals surface area contributed by atoms with Gasteiger partial charge in [-0.3, -0.25) is 14.2 Å². The number of aromatic nitrogens is 2. The number of benzene rings is 1. The molecule has 0 aliphatic carbocycles. The van der Waals surface area contributed by atoms with Gasteiger partial charge in [0.2, 0.25) is 0 Å². The zero-order chi connectivity index (χ0) is 16.3. The maximum absolute atomic E-state index is 12.5. The van der Waals surface area contributed by atoms with Crippen LogP contribution in [0, 0.1) is 13.8 Å². The predicted octanol–water partition coefficient (Wildman–Crippen LogP) is 2.16. The van der Waals surface area contributed by atoms with E-state index in [0.717, 1.165) is 22.9 Å². The molecule has 0 aliphatic rings. The van der Waals surface area contributed by atoms with Crippen molar-refractivity contribution in [3.05, 3.63) is 57.0 Å². The first-order valence-electron chi connectivity index (χ1n) is 6.85. The number of carboxylic acids is 1. The van der Waals surface area contributed by atoms with Crippen LogP contribution in [-0.2, 0) is 18.3 Å². The third kappa shape index (κ3) is 3.76. The Kier molecular flexibility index (Phi) is 5.03. The van der Waals surface area contributed by atoms with Crippen molar-refractivity contribution >= 4 is 17.7 Å². The normalized spacial score (nSPS) is 10.7. The SMILES string of the molecule is Cc1cccc(Cc2c(C)nc(SCC(=O)O)n(C)c2=O)c1. The molecule has 0 aliphatic heterocycles. The van der Waals surface area contributed by atoms with Crippen LogP contribution in [0.5, 0.6) is 0 Å². The molecule has 1 N–H and O–H groups in total. The Bertz CT molecular complexity index is 768. The number of carbonyl (C=O) groups is 1. The molecule has 1 heterocycles. The average molecular weight is 318 g/mol. The number of carboxylic acid groups (broad SMARTS) is 1. The average Bonchev–Trinajstić information content (AvgIpc) is 2.46. The molecule has 1 aromatic carbocycles. The number of aryl methyl sites for hydroxylation is 2. The minimum Gasteiger partial charge on any atom is -0.481 e. The van der Waals surface area contributed by atoms with Crippen LogP contribution in [0.4, 0.5) is 0 Å². The van der Waals surface area contributed by atoms with Gasteiger partial charge in [0.15, 0.2) is 5.16 Å². The van der Waals surface area contributed by atoms with Gasteiger partial charge in [-0.05, 0) is 19.4 Å². The second-order valence-corrected chi connectivity index (χ2v) is 6.11. The summed E-state index contributed by atoms with van der Waals surface area (Å²) in [6.45, 7) is 3.80. The highest BCUT2D eigenvalue weighted by atomic mass is 32.2. The van der Waals surface area contributed by atoms with Crippen LogP contribution >= 0.6 is 11.8 Å². The van der Waals surface area contributed by atoms with E-state index in [4.69, 9.17) is 5.11 Å². The Morgan fingerprint density at radius 1 is 1.36 bits per heavy atom. The molecule has 2 rings (SSSR count). The molecule has 6 heteroatoms. The van der Waals surface area contributed by atoms with E-state index >= 15 is 0 Å². The van der Waals surface area contributed by atoms with Crippen LogP contribution in [0.25, 0.3) is 0 Å². The summed E-state index contributed by atoms with van der Waals surface area (Å²) in [5.41, 5.74) is 3.38. The maximum atomic E-state index is 12.5. The van der Waals surface area contributed by atoms with Crippen molar-refractivity contribution in [3.8, 4) is 0 Å². The van der Waals surface area contributed by atoms with E-state index in [9.17, 15) is 9.59 Å². The summed E-state index contributed by atoms with van der Waals surface area (Å²) in [4.78, 5) is 27.6. The second-order valence-electron chi connectivity index (χ2n) is 5.17. The van der Waals surface area contributed by atoms with Crippen molar-refractivity contribution in [2.45, 2.75) is 25.4 Å². The topological polar surface area (TPSA) is 72.2 Å². The Hall–Kier alpha value is -2.08. The van der Waals surface area contributed by atoms with E-state index in [1.54, 1.807) is 14.0 Å². The summed E-state index contributed by atoms with van der Waals surface area (Å²) in [6, 6.07) is 8.01. The number of rotatable bonds is 5. The van der Waals surface area contributed by atoms with Crippen molar-refractivity contribution in [2.75, 3.05) is 5.75 Å². The van der Waals surface area contributed by atoms with Crippen LogP contribution in [0.15, 0.2) is 34.2 Å². The van der Waals surface area contributed by atoms with Gasteiger partial charge in [0, 0.05) is 24.7 Å². The minimum absolute atomic E-state index is 0.114. The van der Waals surface area contributed by atoms with Crippen molar-refractivity contribution in [3.63, 3.8) is 0 Å². The lowest BCUT2D eigenvalue weighted by atomic mass is 10.0. The molecule has 0 radical (unpaired) electrons. The quantitative estimate of drug-likeness (QED) is 0.675. The predicted molar refractivity (Wildman–Crippen MR) is 86.6 cm³/mol. The van der Waals surface area contributed by atoms with E-state index in [0.29, 0.717) is 22.8 Å². The van der Waals surface area contributed by atoms with Gasteiger partial charge in [-0.2, -0.15) is 0 Å². The molecule has 22 heavy (non-hydrogen) atoms. The molecular weight excluding hydrogens is 300 g/mol. The van der Waals surface area contributed by atoms with Crippen molar-refractivity contribution in [2.24, 2.45) is 7.05 Å². The molecule has 0 amide bonds. The zero-order valence-electron chi connectivity index (χ0n) is 12.8. The van der Waals surface area contributed by atoms with Gasteiger partial charge >= 0.3 is 5.97 Å². The molecule has 5 nitrogen and oxygen atoms in total. The molecule has 116 valence electrons. The molecule has 0 fully saturated rings. The molecule has 0 saturated heterocycles. The van der Waals surface area contributed by atoms with E-state index in [2.05, 4.69) is 4.98 Å². The summed E-state index contributed by atoms with van der Waals surface area (Å²) >= 11 is 1.05. The Morgan fingerprint density at radius 3 is 2.73 bits per heavy atom. The fourth-order valence-corrected chi connectivity index (χ4v) is 2.95. The van der Waals surface area contributed by atoms with Gasteiger partial charge < -0.3 is 5.11 Å². The fraction of sp³-hybridized carbons (Fsp3) is 0.312. The third-order valence-corrected chi connectivity index (χ3v) is 4.35. The second kappa shape index (κ2) is 6.79. The highest BCUT2D eigenvalue weighted by Crippen LogP contribution is 2.16. The molecule has 0 spiro atoms.